The van der Waals surface area contributed by atoms with E-state index in [2.05, 4.69) is 71.9 Å². The van der Waals surface area contributed by atoms with Crippen LogP contribution in [0.3, 0.4) is 0 Å². The van der Waals surface area contributed by atoms with Gasteiger partial charge in [0, 0.05) is 81.0 Å². The lowest BCUT2D eigenvalue weighted by atomic mass is 9.76. The van der Waals surface area contributed by atoms with Crippen molar-refractivity contribution in [2.24, 2.45) is 29.6 Å². The number of fused-ring (bicyclic) bond motifs is 2. The minimum atomic E-state index is 0.123. The van der Waals surface area contributed by atoms with Gasteiger partial charge in [-0.2, -0.15) is 5.10 Å². The highest BCUT2D eigenvalue weighted by Crippen LogP contribution is 2.39. The van der Waals surface area contributed by atoms with E-state index in [1.165, 1.54) is 95.0 Å². The zero-order valence-corrected chi connectivity index (χ0v) is 37.9. The van der Waals surface area contributed by atoms with Gasteiger partial charge in [0.1, 0.15) is 11.6 Å². The summed E-state index contributed by atoms with van der Waals surface area (Å²) in [5.74, 6) is 5.40. The molecule has 2 saturated carbocycles. The van der Waals surface area contributed by atoms with E-state index in [1.807, 2.05) is 6.92 Å². The number of aromatic nitrogens is 4. The summed E-state index contributed by atoms with van der Waals surface area (Å²) >= 11 is 0. The quantitative estimate of drug-likeness (QED) is 0.122. The summed E-state index contributed by atoms with van der Waals surface area (Å²) in [5, 5.41) is 4.79. The molecule has 0 radical (unpaired) electrons. The third-order valence-corrected chi connectivity index (χ3v) is 16.1. The fourth-order valence-corrected chi connectivity index (χ4v) is 11.8. The number of piperazine rings is 1. The number of rotatable bonds is 20. The molecule has 4 unspecified atom stereocenters. The van der Waals surface area contributed by atoms with Crippen LogP contribution in [0.25, 0.3) is 0 Å². The van der Waals surface area contributed by atoms with Crippen LogP contribution in [0.4, 0.5) is 5.95 Å². The fraction of sp³-hybridized carbons (Fsp3) is 0.820. The maximum atomic E-state index is 13.4. The van der Waals surface area contributed by atoms with Crippen LogP contribution in [0, 0.1) is 29.6 Å². The average molecular weight is 812 g/mol. The summed E-state index contributed by atoms with van der Waals surface area (Å²) in [4.78, 5) is 43.1. The Balaban J connectivity index is 0.734. The smallest absolute Gasteiger partial charge is 0.225 e. The number of carbonyl (C=O) groups is 2. The van der Waals surface area contributed by atoms with Crippen LogP contribution in [0.15, 0.2) is 24.8 Å². The number of unbranched alkanes of at least 4 members (excludes halogenated alkanes) is 2. The number of nitrogens with zero attached hydrogens (tertiary/aromatic N) is 7. The number of piperidine rings is 1. The van der Waals surface area contributed by atoms with Gasteiger partial charge in [0.05, 0.1) is 6.20 Å². The van der Waals surface area contributed by atoms with Crippen LogP contribution in [-0.2, 0) is 16.1 Å². The molecule has 2 aliphatic carbocycles. The molecule has 0 aromatic carbocycles. The van der Waals surface area contributed by atoms with E-state index in [9.17, 15) is 9.59 Å². The van der Waals surface area contributed by atoms with Crippen molar-refractivity contribution < 1.29 is 9.59 Å². The number of Topliss-reactive ketones (excluding diaryl/α,β-unsaturated/α-hetero) is 2. The Morgan fingerprint density at radius 1 is 0.746 bits per heavy atom. The van der Waals surface area contributed by atoms with E-state index >= 15 is 0 Å². The Morgan fingerprint density at radius 2 is 1.42 bits per heavy atom. The highest BCUT2D eigenvalue weighted by molar-refractivity contribution is 5.81. The van der Waals surface area contributed by atoms with E-state index in [-0.39, 0.29) is 5.92 Å². The number of ketones is 2. The molecule has 7 rings (SSSR count). The lowest BCUT2D eigenvalue weighted by Gasteiger charge is -2.42. The first-order chi connectivity index (χ1) is 28.6. The average Bonchev–Trinajstić information content (AvgIpc) is 3.83. The van der Waals surface area contributed by atoms with Crippen molar-refractivity contribution in [3.05, 3.63) is 35.9 Å². The molecule has 3 aliphatic heterocycles. The second-order valence-corrected chi connectivity index (χ2v) is 20.6. The van der Waals surface area contributed by atoms with E-state index in [1.54, 1.807) is 0 Å². The van der Waals surface area contributed by atoms with Gasteiger partial charge in [-0.15, -0.1) is 0 Å². The van der Waals surface area contributed by atoms with Crippen molar-refractivity contribution in [3.8, 4) is 0 Å². The SMILES string of the molecule is CCC(=O)C1CCC(CCCCCN2CCC(Cn3cc(C(C)CCC(C)C(=O)CC4CCC(c5cnc(N6C7CCC6CN(C(C)C)C7)nc5)CC4)cn3)CC2)CC1. The molecule has 0 amide bonds. The largest absolute Gasteiger partial charge is 0.332 e. The molecule has 2 aromatic heterocycles. The topological polar surface area (TPSA) is 87.5 Å². The van der Waals surface area contributed by atoms with E-state index in [0.29, 0.717) is 59.3 Å². The first kappa shape index (κ1) is 44.4. The van der Waals surface area contributed by atoms with Crippen molar-refractivity contribution in [1.29, 1.82) is 0 Å². The van der Waals surface area contributed by atoms with Gasteiger partial charge in [0.15, 0.2) is 0 Å². The molecular weight excluding hydrogens is 731 g/mol. The molecule has 328 valence electrons. The molecule has 5 heterocycles. The van der Waals surface area contributed by atoms with Crippen molar-refractivity contribution in [1.82, 2.24) is 29.5 Å². The van der Waals surface area contributed by atoms with Gasteiger partial charge in [-0.05, 0) is 171 Å². The van der Waals surface area contributed by atoms with E-state index in [4.69, 9.17) is 15.1 Å². The van der Waals surface area contributed by atoms with E-state index in [0.717, 1.165) is 95.7 Å². The first-order valence-corrected chi connectivity index (χ1v) is 24.8. The Bertz CT molecular complexity index is 1570. The van der Waals surface area contributed by atoms with Crippen molar-refractivity contribution in [2.75, 3.05) is 37.6 Å². The summed E-state index contributed by atoms with van der Waals surface area (Å²) in [5.41, 5.74) is 2.60. The van der Waals surface area contributed by atoms with Gasteiger partial charge in [0.2, 0.25) is 5.95 Å². The van der Waals surface area contributed by atoms with Crippen molar-refractivity contribution in [3.63, 3.8) is 0 Å². The van der Waals surface area contributed by atoms with Crippen LogP contribution < -0.4 is 4.90 Å². The molecule has 5 aliphatic rings. The second kappa shape index (κ2) is 21.4. The molecule has 4 atom stereocenters. The summed E-state index contributed by atoms with van der Waals surface area (Å²) in [6.45, 7) is 18.1. The Morgan fingerprint density at radius 3 is 2.08 bits per heavy atom. The van der Waals surface area contributed by atoms with Crippen LogP contribution in [0.1, 0.15) is 186 Å². The number of carbonyl (C=O) groups excluding carboxylic acids is 2. The van der Waals surface area contributed by atoms with E-state index < -0.39 is 0 Å². The highest BCUT2D eigenvalue weighted by atomic mass is 16.1. The first-order valence-electron chi connectivity index (χ1n) is 24.8. The monoisotopic (exact) mass is 812 g/mol. The van der Waals surface area contributed by atoms with Crippen LogP contribution in [0.2, 0.25) is 0 Å². The lowest BCUT2D eigenvalue weighted by Crippen LogP contribution is -2.56. The van der Waals surface area contributed by atoms with Crippen LogP contribution in [-0.4, -0.2) is 92.0 Å². The number of hydrogen-bond donors (Lipinski definition) is 0. The molecule has 0 spiro atoms. The Kier molecular flexibility index (Phi) is 16.1. The number of likely N-dealkylation sites (tertiary alicyclic amines) is 2. The normalized spacial score (nSPS) is 28.3. The predicted molar refractivity (Wildman–Crippen MR) is 240 cm³/mol. The fourth-order valence-electron chi connectivity index (χ4n) is 11.8. The summed E-state index contributed by atoms with van der Waals surface area (Å²) in [6, 6.07) is 1.69. The molecule has 2 bridgehead atoms. The Hall–Kier alpha value is -2.65. The zero-order chi connectivity index (χ0) is 41.3. The molecule has 3 saturated heterocycles. The molecule has 59 heavy (non-hydrogen) atoms. The molecule has 5 fully saturated rings. The van der Waals surface area contributed by atoms with Gasteiger partial charge >= 0.3 is 0 Å². The Labute approximate surface area is 358 Å². The lowest BCUT2D eigenvalue weighted by molar-refractivity contribution is -0.124. The molecular formula is C50H81N7O2. The minimum absolute atomic E-state index is 0.123. The van der Waals surface area contributed by atoms with Gasteiger partial charge in [0.25, 0.3) is 0 Å². The zero-order valence-electron chi connectivity index (χ0n) is 37.9. The summed E-state index contributed by atoms with van der Waals surface area (Å²) in [7, 11) is 0. The van der Waals surface area contributed by atoms with Crippen LogP contribution in [0.5, 0.6) is 0 Å². The maximum absolute atomic E-state index is 13.4. The number of hydrogen-bond acceptors (Lipinski definition) is 8. The van der Waals surface area contributed by atoms with Crippen LogP contribution >= 0.6 is 0 Å². The van der Waals surface area contributed by atoms with Gasteiger partial charge in [-0.1, -0.05) is 40.0 Å². The molecule has 0 N–H and O–H groups in total. The minimum Gasteiger partial charge on any atom is -0.332 e. The number of anilines is 1. The standard InChI is InChI=1S/C50H81N7O2/c1-6-48(58)43-19-13-39(14-20-43)10-8-7-9-25-54-26-23-41(24-27-54)32-56-33-45(31-53-56)37(4)11-12-38(5)49(59)28-40-15-17-42(18-16-40)44-29-51-50(52-30-44)57-46-21-22-47(57)35-55(34-46)36(2)3/h29-31,33,36-43,46-47H,6-28,32,34-35H2,1-5H3. The second-order valence-electron chi connectivity index (χ2n) is 20.6. The summed E-state index contributed by atoms with van der Waals surface area (Å²) in [6.07, 6.45) is 31.8. The summed E-state index contributed by atoms with van der Waals surface area (Å²) < 4.78 is 2.20. The maximum Gasteiger partial charge on any atom is 0.225 e. The van der Waals surface area contributed by atoms with Crippen molar-refractivity contribution in [2.45, 2.75) is 200 Å². The van der Waals surface area contributed by atoms with Crippen molar-refractivity contribution >= 4 is 17.5 Å². The predicted octanol–water partition coefficient (Wildman–Crippen LogP) is 10.2. The van der Waals surface area contributed by atoms with Gasteiger partial charge in [-0.3, -0.25) is 19.2 Å². The molecule has 2 aromatic rings. The molecule has 9 heteroatoms. The third kappa shape index (κ3) is 12.0. The van der Waals surface area contributed by atoms with Gasteiger partial charge in [-0.25, -0.2) is 9.97 Å². The highest BCUT2D eigenvalue weighted by Gasteiger charge is 2.42. The molecule has 9 nitrogen and oxygen atoms in total. The third-order valence-electron chi connectivity index (χ3n) is 16.1. The van der Waals surface area contributed by atoms with Gasteiger partial charge < -0.3 is 9.80 Å².